The van der Waals surface area contributed by atoms with Gasteiger partial charge in [0, 0.05) is 0 Å². The third kappa shape index (κ3) is 8.68. The standard InChI is InChI=1S/C8H14O5/c1-6(12-7(9)10)5-11-13-8(2,3)4/h5H,1-4H3,(H,9,10). The van der Waals surface area contributed by atoms with Gasteiger partial charge in [0.05, 0.1) is 0 Å². The lowest BCUT2D eigenvalue weighted by Crippen LogP contribution is -2.18. The number of hydrogen-bond acceptors (Lipinski definition) is 4. The van der Waals surface area contributed by atoms with Gasteiger partial charge in [-0.25, -0.2) is 4.79 Å². The summed E-state index contributed by atoms with van der Waals surface area (Å²) in [7, 11) is 0. The molecule has 0 aromatic heterocycles. The minimum atomic E-state index is -1.38. The highest BCUT2D eigenvalue weighted by Crippen LogP contribution is 2.08. The fraction of sp³-hybridized carbons (Fsp3) is 0.625. The van der Waals surface area contributed by atoms with Crippen LogP contribution in [0, 0.1) is 0 Å². The van der Waals surface area contributed by atoms with Gasteiger partial charge in [-0.3, -0.25) is 0 Å². The second-order valence-electron chi connectivity index (χ2n) is 3.39. The molecular formula is C8H14O5. The van der Waals surface area contributed by atoms with Crippen molar-refractivity contribution in [2.45, 2.75) is 33.3 Å². The molecule has 76 valence electrons. The molecule has 0 fully saturated rings. The maximum atomic E-state index is 10.0. The van der Waals surface area contributed by atoms with Crippen molar-refractivity contribution in [1.82, 2.24) is 0 Å². The van der Waals surface area contributed by atoms with Crippen LogP contribution in [0.1, 0.15) is 27.7 Å². The fourth-order valence-corrected chi connectivity index (χ4v) is 0.398. The van der Waals surface area contributed by atoms with Gasteiger partial charge in [0.2, 0.25) is 0 Å². The lowest BCUT2D eigenvalue weighted by Gasteiger charge is -2.15. The van der Waals surface area contributed by atoms with Crippen LogP contribution in [0.3, 0.4) is 0 Å². The van der Waals surface area contributed by atoms with E-state index in [1.54, 1.807) is 20.8 Å². The molecule has 0 aliphatic carbocycles. The van der Waals surface area contributed by atoms with E-state index in [2.05, 4.69) is 9.62 Å². The lowest BCUT2D eigenvalue weighted by molar-refractivity contribution is -0.311. The van der Waals surface area contributed by atoms with Gasteiger partial charge in [0.15, 0.2) is 6.26 Å². The SMILES string of the molecule is CC(=COOC(C)(C)C)OC(=O)O. The summed E-state index contributed by atoms with van der Waals surface area (Å²) in [5.74, 6) is 0.108. The number of carboxylic acid groups (broad SMARTS) is 1. The quantitative estimate of drug-likeness (QED) is 0.320. The van der Waals surface area contributed by atoms with Crippen LogP contribution in [0.4, 0.5) is 4.79 Å². The van der Waals surface area contributed by atoms with Gasteiger partial charge >= 0.3 is 6.16 Å². The van der Waals surface area contributed by atoms with Crippen molar-refractivity contribution in [2.75, 3.05) is 0 Å². The van der Waals surface area contributed by atoms with Crippen LogP contribution in [0.15, 0.2) is 12.0 Å². The van der Waals surface area contributed by atoms with Crippen molar-refractivity contribution in [3.05, 3.63) is 12.0 Å². The molecule has 0 radical (unpaired) electrons. The van der Waals surface area contributed by atoms with E-state index in [9.17, 15) is 4.79 Å². The first-order valence-corrected chi connectivity index (χ1v) is 3.73. The summed E-state index contributed by atoms with van der Waals surface area (Å²) < 4.78 is 4.24. The summed E-state index contributed by atoms with van der Waals surface area (Å²) in [6.45, 7) is 6.84. The highest BCUT2D eigenvalue weighted by molar-refractivity contribution is 5.58. The number of allylic oxidation sites excluding steroid dienone is 1. The Labute approximate surface area is 76.8 Å². The Hall–Kier alpha value is -1.23. The highest BCUT2D eigenvalue weighted by Gasteiger charge is 2.11. The van der Waals surface area contributed by atoms with Gasteiger partial charge < -0.3 is 14.7 Å². The van der Waals surface area contributed by atoms with Crippen LogP contribution in [0.25, 0.3) is 0 Å². The molecule has 1 N–H and O–H groups in total. The number of hydrogen-bond donors (Lipinski definition) is 1. The van der Waals surface area contributed by atoms with Crippen LogP contribution in [0.2, 0.25) is 0 Å². The molecule has 13 heavy (non-hydrogen) atoms. The first-order valence-electron chi connectivity index (χ1n) is 3.73. The minimum Gasteiger partial charge on any atom is -0.449 e. The van der Waals surface area contributed by atoms with E-state index < -0.39 is 11.8 Å². The topological polar surface area (TPSA) is 65.0 Å². The van der Waals surface area contributed by atoms with Crippen LogP contribution in [-0.4, -0.2) is 16.9 Å². The number of rotatable bonds is 3. The van der Waals surface area contributed by atoms with Crippen molar-refractivity contribution < 1.29 is 24.4 Å². The van der Waals surface area contributed by atoms with Crippen molar-refractivity contribution in [3.8, 4) is 0 Å². The van der Waals surface area contributed by atoms with Crippen molar-refractivity contribution in [1.29, 1.82) is 0 Å². The second-order valence-corrected chi connectivity index (χ2v) is 3.39. The van der Waals surface area contributed by atoms with Crippen LogP contribution >= 0.6 is 0 Å². The summed E-state index contributed by atoms with van der Waals surface area (Å²) in [6.07, 6.45) is -0.299. The third-order valence-electron chi connectivity index (χ3n) is 0.760. The fourth-order valence-electron chi connectivity index (χ4n) is 0.398. The molecule has 0 amide bonds. The molecule has 0 atom stereocenters. The van der Waals surface area contributed by atoms with E-state index in [-0.39, 0.29) is 5.76 Å². The Morgan fingerprint density at radius 3 is 2.31 bits per heavy atom. The van der Waals surface area contributed by atoms with Gasteiger partial charge in [0.1, 0.15) is 11.4 Å². The van der Waals surface area contributed by atoms with Gasteiger partial charge in [-0.05, 0) is 27.7 Å². The predicted molar refractivity (Wildman–Crippen MR) is 44.8 cm³/mol. The average molecular weight is 190 g/mol. The minimum absolute atomic E-state index is 0.108. The molecule has 0 saturated carbocycles. The highest BCUT2D eigenvalue weighted by atomic mass is 17.2. The molecule has 0 aliphatic rings. The van der Waals surface area contributed by atoms with Gasteiger partial charge in [-0.15, -0.1) is 0 Å². The summed E-state index contributed by atoms with van der Waals surface area (Å²) in [4.78, 5) is 19.5. The molecule has 0 rings (SSSR count). The van der Waals surface area contributed by atoms with Crippen molar-refractivity contribution in [3.63, 3.8) is 0 Å². The Balaban J connectivity index is 3.78. The Kier molecular flexibility index (Phi) is 4.27. The monoisotopic (exact) mass is 190 g/mol. The summed E-state index contributed by atoms with van der Waals surface area (Å²) in [5, 5.41) is 8.18. The molecule has 0 aromatic rings. The number of carbonyl (C=O) groups is 1. The molecule has 0 saturated heterocycles. The van der Waals surface area contributed by atoms with E-state index >= 15 is 0 Å². The average Bonchev–Trinajstić information content (AvgIpc) is 1.81. The molecule has 0 spiro atoms. The number of ether oxygens (including phenoxy) is 1. The molecule has 5 heteroatoms. The molecule has 5 nitrogen and oxygen atoms in total. The molecule has 0 unspecified atom stereocenters. The first-order chi connectivity index (χ1) is 5.81. The van der Waals surface area contributed by atoms with E-state index in [0.717, 1.165) is 6.26 Å². The maximum Gasteiger partial charge on any atom is 0.511 e. The Bertz CT molecular complexity index is 201. The third-order valence-corrected chi connectivity index (χ3v) is 0.760. The summed E-state index contributed by atoms with van der Waals surface area (Å²) in [6, 6.07) is 0. The van der Waals surface area contributed by atoms with Gasteiger partial charge in [0.25, 0.3) is 0 Å². The maximum absolute atomic E-state index is 10.0. The molecule has 0 bridgehead atoms. The smallest absolute Gasteiger partial charge is 0.449 e. The van der Waals surface area contributed by atoms with Gasteiger partial charge in [-0.1, -0.05) is 0 Å². The lowest BCUT2D eigenvalue weighted by atomic mass is 10.2. The van der Waals surface area contributed by atoms with E-state index in [1.807, 2.05) is 0 Å². The predicted octanol–water partition coefficient (Wildman–Crippen LogP) is 2.29. The zero-order chi connectivity index (χ0) is 10.5. The zero-order valence-electron chi connectivity index (χ0n) is 8.16. The van der Waals surface area contributed by atoms with Crippen LogP contribution in [-0.2, 0) is 14.5 Å². The zero-order valence-corrected chi connectivity index (χ0v) is 8.16. The summed E-state index contributed by atoms with van der Waals surface area (Å²) in [5.41, 5.74) is -0.444. The largest absolute Gasteiger partial charge is 0.511 e. The second kappa shape index (κ2) is 4.71. The normalized spacial score (nSPS) is 12.5. The Morgan fingerprint density at radius 1 is 1.38 bits per heavy atom. The molecule has 0 aromatic carbocycles. The van der Waals surface area contributed by atoms with Gasteiger partial charge in [-0.2, -0.15) is 4.89 Å². The van der Waals surface area contributed by atoms with Crippen molar-refractivity contribution in [2.24, 2.45) is 0 Å². The van der Waals surface area contributed by atoms with Crippen LogP contribution in [0.5, 0.6) is 0 Å². The first kappa shape index (κ1) is 11.8. The molecule has 0 heterocycles. The Morgan fingerprint density at radius 2 is 1.92 bits per heavy atom. The van der Waals surface area contributed by atoms with Crippen molar-refractivity contribution >= 4 is 6.16 Å². The van der Waals surface area contributed by atoms with E-state index in [0.29, 0.717) is 0 Å². The van der Waals surface area contributed by atoms with E-state index in [4.69, 9.17) is 9.99 Å². The molecule has 0 aliphatic heterocycles. The molecular weight excluding hydrogens is 176 g/mol. The summed E-state index contributed by atoms with van der Waals surface area (Å²) >= 11 is 0. The van der Waals surface area contributed by atoms with Crippen LogP contribution < -0.4 is 0 Å². The van der Waals surface area contributed by atoms with E-state index in [1.165, 1.54) is 6.92 Å².